The number of nitrogens with one attached hydrogen (secondary N) is 3. The molecule has 0 aliphatic carbocycles. The molecule has 0 aromatic heterocycles. The smallest absolute Gasteiger partial charge is 0.211 e. The van der Waals surface area contributed by atoms with Gasteiger partial charge in [-0.1, -0.05) is 19.8 Å². The Morgan fingerprint density at radius 2 is 1.36 bits per heavy atom. The first-order valence-corrected chi connectivity index (χ1v) is 10.4. The fourth-order valence-electron chi connectivity index (χ4n) is 2.03. The molecule has 0 fully saturated rings. The van der Waals surface area contributed by atoms with Crippen molar-refractivity contribution in [1.29, 1.82) is 0 Å². The van der Waals surface area contributed by atoms with Gasteiger partial charge in [-0.3, -0.25) is 0 Å². The molecule has 0 aliphatic heterocycles. The summed E-state index contributed by atoms with van der Waals surface area (Å²) in [6.45, 7) is 7.24. The molecular formula is C15H36N4O2S. The zero-order valence-electron chi connectivity index (χ0n) is 14.2. The van der Waals surface area contributed by atoms with Crippen molar-refractivity contribution >= 4 is 10.0 Å². The second kappa shape index (κ2) is 15.7. The third-order valence-corrected chi connectivity index (χ3v) is 4.85. The van der Waals surface area contributed by atoms with E-state index >= 15 is 0 Å². The lowest BCUT2D eigenvalue weighted by atomic mass is 10.3. The molecule has 0 aromatic rings. The molecule has 0 aliphatic rings. The predicted molar refractivity (Wildman–Crippen MR) is 94.6 cm³/mol. The van der Waals surface area contributed by atoms with Gasteiger partial charge in [-0.05, 0) is 64.8 Å². The Labute approximate surface area is 137 Å². The molecule has 7 heteroatoms. The number of hydrogen-bond acceptors (Lipinski definition) is 5. The van der Waals surface area contributed by atoms with Crippen LogP contribution >= 0.6 is 0 Å². The van der Waals surface area contributed by atoms with Crippen molar-refractivity contribution in [3.05, 3.63) is 0 Å². The van der Waals surface area contributed by atoms with Crippen molar-refractivity contribution in [2.75, 3.05) is 45.0 Å². The summed E-state index contributed by atoms with van der Waals surface area (Å²) < 4.78 is 25.9. The molecule has 0 spiro atoms. The van der Waals surface area contributed by atoms with Crippen LogP contribution in [0.3, 0.4) is 0 Å². The second-order valence-electron chi connectivity index (χ2n) is 5.62. The van der Waals surface area contributed by atoms with E-state index in [0.717, 1.165) is 77.7 Å². The summed E-state index contributed by atoms with van der Waals surface area (Å²) >= 11 is 0. The predicted octanol–water partition coefficient (Wildman–Crippen LogP) is 0.794. The Bertz CT molecular complexity index is 324. The van der Waals surface area contributed by atoms with Crippen molar-refractivity contribution in [1.82, 2.24) is 15.4 Å². The number of hydrogen-bond donors (Lipinski definition) is 4. The minimum absolute atomic E-state index is 0.255. The molecular weight excluding hydrogens is 300 g/mol. The van der Waals surface area contributed by atoms with Gasteiger partial charge in [0.15, 0.2) is 0 Å². The van der Waals surface area contributed by atoms with Crippen LogP contribution in [-0.4, -0.2) is 53.4 Å². The molecule has 134 valence electrons. The molecule has 0 atom stereocenters. The fourth-order valence-corrected chi connectivity index (χ4v) is 3.22. The Hall–Kier alpha value is -0.210. The van der Waals surface area contributed by atoms with Gasteiger partial charge in [0.25, 0.3) is 0 Å². The maximum absolute atomic E-state index is 11.6. The molecule has 5 N–H and O–H groups in total. The van der Waals surface area contributed by atoms with Gasteiger partial charge in [0, 0.05) is 6.54 Å². The van der Waals surface area contributed by atoms with E-state index in [1.54, 1.807) is 0 Å². The van der Waals surface area contributed by atoms with Crippen LogP contribution in [0.2, 0.25) is 0 Å². The van der Waals surface area contributed by atoms with E-state index in [1.807, 2.05) is 0 Å². The van der Waals surface area contributed by atoms with E-state index in [2.05, 4.69) is 22.3 Å². The van der Waals surface area contributed by atoms with Crippen LogP contribution in [0, 0.1) is 0 Å². The normalized spacial score (nSPS) is 11.9. The molecule has 0 bridgehead atoms. The van der Waals surface area contributed by atoms with Crippen LogP contribution < -0.4 is 21.1 Å². The van der Waals surface area contributed by atoms with E-state index in [4.69, 9.17) is 5.73 Å². The minimum atomic E-state index is -3.06. The maximum Gasteiger partial charge on any atom is 0.211 e. The first-order valence-electron chi connectivity index (χ1n) is 8.71. The second-order valence-corrected chi connectivity index (χ2v) is 7.55. The Kier molecular flexibility index (Phi) is 15.5. The zero-order chi connectivity index (χ0) is 16.5. The van der Waals surface area contributed by atoms with Crippen molar-refractivity contribution in [2.24, 2.45) is 5.73 Å². The van der Waals surface area contributed by atoms with Crippen LogP contribution in [0.5, 0.6) is 0 Å². The fraction of sp³-hybridized carbons (Fsp3) is 1.00. The molecule has 0 radical (unpaired) electrons. The lowest BCUT2D eigenvalue weighted by Gasteiger charge is -2.08. The summed E-state index contributed by atoms with van der Waals surface area (Å²) in [5, 5.41) is 6.69. The monoisotopic (exact) mass is 336 g/mol. The van der Waals surface area contributed by atoms with E-state index in [9.17, 15) is 8.42 Å². The van der Waals surface area contributed by atoms with Crippen LogP contribution in [0.1, 0.15) is 51.9 Å². The SMILES string of the molecule is CCCCCS(=O)(=O)NCCCNCCCCNCCCN. The van der Waals surface area contributed by atoms with Crippen LogP contribution in [0.4, 0.5) is 0 Å². The number of nitrogens with two attached hydrogens (primary N) is 1. The van der Waals surface area contributed by atoms with Crippen LogP contribution in [-0.2, 0) is 10.0 Å². The largest absolute Gasteiger partial charge is 0.330 e. The molecule has 0 aromatic carbocycles. The highest BCUT2D eigenvalue weighted by Crippen LogP contribution is 1.97. The third-order valence-electron chi connectivity index (χ3n) is 3.38. The minimum Gasteiger partial charge on any atom is -0.330 e. The molecule has 0 amide bonds. The van der Waals surface area contributed by atoms with Crippen LogP contribution in [0.25, 0.3) is 0 Å². The summed E-state index contributed by atoms with van der Waals surface area (Å²) in [7, 11) is -3.06. The van der Waals surface area contributed by atoms with E-state index < -0.39 is 10.0 Å². The molecule has 0 rings (SSSR count). The van der Waals surface area contributed by atoms with Gasteiger partial charge in [-0.15, -0.1) is 0 Å². The molecule has 22 heavy (non-hydrogen) atoms. The molecule has 0 saturated heterocycles. The third kappa shape index (κ3) is 16.2. The van der Waals surface area contributed by atoms with Gasteiger partial charge in [0.1, 0.15) is 0 Å². The molecule has 0 saturated carbocycles. The highest BCUT2D eigenvalue weighted by atomic mass is 32.2. The molecule has 0 unspecified atom stereocenters. The summed E-state index contributed by atoms with van der Waals surface area (Å²) in [5.74, 6) is 0.255. The number of sulfonamides is 1. The van der Waals surface area contributed by atoms with Gasteiger partial charge in [0.05, 0.1) is 5.75 Å². The summed E-state index contributed by atoms with van der Waals surface area (Å²) in [6.07, 6.45) is 6.93. The van der Waals surface area contributed by atoms with Crippen LogP contribution in [0.15, 0.2) is 0 Å². The van der Waals surface area contributed by atoms with Gasteiger partial charge in [0.2, 0.25) is 10.0 Å². The number of unbranched alkanes of at least 4 members (excludes halogenated alkanes) is 3. The summed E-state index contributed by atoms with van der Waals surface area (Å²) in [5.41, 5.74) is 5.41. The van der Waals surface area contributed by atoms with E-state index in [1.165, 1.54) is 0 Å². The van der Waals surface area contributed by atoms with Gasteiger partial charge in [-0.2, -0.15) is 0 Å². The quantitative estimate of drug-likeness (QED) is 0.295. The summed E-state index contributed by atoms with van der Waals surface area (Å²) in [6, 6.07) is 0. The maximum atomic E-state index is 11.6. The average molecular weight is 337 g/mol. The van der Waals surface area contributed by atoms with Gasteiger partial charge in [-0.25, -0.2) is 13.1 Å². The van der Waals surface area contributed by atoms with Crippen molar-refractivity contribution in [3.63, 3.8) is 0 Å². The average Bonchev–Trinajstić information content (AvgIpc) is 2.48. The Balaban J connectivity index is 3.26. The van der Waals surface area contributed by atoms with Crippen molar-refractivity contribution < 1.29 is 8.42 Å². The topological polar surface area (TPSA) is 96.2 Å². The summed E-state index contributed by atoms with van der Waals surface area (Å²) in [4.78, 5) is 0. The van der Waals surface area contributed by atoms with E-state index in [0.29, 0.717) is 6.54 Å². The highest BCUT2D eigenvalue weighted by molar-refractivity contribution is 7.89. The van der Waals surface area contributed by atoms with Gasteiger partial charge < -0.3 is 16.4 Å². The van der Waals surface area contributed by atoms with Gasteiger partial charge >= 0.3 is 0 Å². The molecule has 6 nitrogen and oxygen atoms in total. The zero-order valence-corrected chi connectivity index (χ0v) is 15.0. The molecule has 0 heterocycles. The van der Waals surface area contributed by atoms with Crippen molar-refractivity contribution in [3.8, 4) is 0 Å². The lowest BCUT2D eigenvalue weighted by molar-refractivity contribution is 0.557. The lowest BCUT2D eigenvalue weighted by Crippen LogP contribution is -2.29. The van der Waals surface area contributed by atoms with Crippen molar-refractivity contribution in [2.45, 2.75) is 51.9 Å². The number of rotatable bonds is 17. The first kappa shape index (κ1) is 21.8. The standard InChI is InChI=1S/C15H36N4O2S/c1-2-3-6-15-22(20,21)19-14-8-13-18-11-5-4-10-17-12-7-9-16/h17-19H,2-16H2,1H3. The van der Waals surface area contributed by atoms with E-state index in [-0.39, 0.29) is 5.75 Å². The first-order chi connectivity index (χ1) is 10.6. The Morgan fingerprint density at radius 1 is 0.773 bits per heavy atom. The highest BCUT2D eigenvalue weighted by Gasteiger charge is 2.07. The Morgan fingerprint density at radius 3 is 1.95 bits per heavy atom.